The lowest BCUT2D eigenvalue weighted by molar-refractivity contribution is 0.0982. The first-order valence-electron chi connectivity index (χ1n) is 7.17. The van der Waals surface area contributed by atoms with E-state index in [1.807, 2.05) is 31.2 Å². The second kappa shape index (κ2) is 5.90. The molecule has 0 unspecified atom stereocenters. The largest absolute Gasteiger partial charge is 0.493 e. The van der Waals surface area contributed by atoms with E-state index in [2.05, 4.69) is 6.07 Å². The number of carbonyl (C=O) groups is 1. The van der Waals surface area contributed by atoms with Crippen LogP contribution >= 0.6 is 11.6 Å². The minimum absolute atomic E-state index is 0.145. The van der Waals surface area contributed by atoms with Gasteiger partial charge in [0.15, 0.2) is 5.78 Å². The zero-order valence-electron chi connectivity index (χ0n) is 12.0. The Morgan fingerprint density at radius 1 is 1.24 bits per heavy atom. The van der Waals surface area contributed by atoms with Gasteiger partial charge in [-0.3, -0.25) is 4.79 Å². The van der Waals surface area contributed by atoms with Gasteiger partial charge < -0.3 is 4.74 Å². The summed E-state index contributed by atoms with van der Waals surface area (Å²) in [6, 6.07) is 11.7. The Bertz CT molecular complexity index is 692. The van der Waals surface area contributed by atoms with E-state index >= 15 is 0 Å². The van der Waals surface area contributed by atoms with E-state index in [-0.39, 0.29) is 5.78 Å². The first-order chi connectivity index (χ1) is 10.1. The maximum Gasteiger partial charge on any atom is 0.163 e. The molecule has 0 aromatic heterocycles. The number of halogens is 1. The number of benzene rings is 2. The summed E-state index contributed by atoms with van der Waals surface area (Å²) in [5.74, 6) is 1.13. The zero-order valence-corrected chi connectivity index (χ0v) is 12.7. The van der Waals surface area contributed by atoms with Crippen LogP contribution in [-0.4, -0.2) is 12.4 Å². The number of Topliss-reactive ketones (excluding diaryl/α,β-unsaturated/α-hetero) is 1. The van der Waals surface area contributed by atoms with E-state index < -0.39 is 0 Å². The number of rotatable bonds is 4. The molecule has 1 aliphatic rings. The predicted octanol–water partition coefficient (Wildman–Crippen LogP) is 4.40. The molecule has 0 spiro atoms. The molecule has 3 heteroatoms. The molecule has 0 aliphatic carbocycles. The van der Waals surface area contributed by atoms with Crippen molar-refractivity contribution in [1.29, 1.82) is 0 Å². The number of hydrogen-bond donors (Lipinski definition) is 0. The number of ether oxygens (including phenoxy) is 1. The second-order valence-corrected chi connectivity index (χ2v) is 5.86. The molecule has 3 rings (SSSR count). The van der Waals surface area contributed by atoms with Crippen LogP contribution in [0.1, 0.15) is 33.5 Å². The van der Waals surface area contributed by atoms with Crippen LogP contribution in [0.2, 0.25) is 5.02 Å². The fourth-order valence-corrected chi connectivity index (χ4v) is 2.85. The predicted molar refractivity (Wildman–Crippen MR) is 84.5 cm³/mol. The summed E-state index contributed by atoms with van der Waals surface area (Å²) in [5.41, 5.74) is 4.14. The molecule has 0 fully saturated rings. The van der Waals surface area contributed by atoms with E-state index in [1.165, 1.54) is 11.1 Å². The van der Waals surface area contributed by atoms with Crippen LogP contribution in [-0.2, 0) is 12.8 Å². The number of ketones is 1. The highest BCUT2D eigenvalue weighted by atomic mass is 35.5. The molecule has 0 bridgehead atoms. The molecule has 0 radical (unpaired) electrons. The topological polar surface area (TPSA) is 26.3 Å². The van der Waals surface area contributed by atoms with Gasteiger partial charge in [-0.1, -0.05) is 29.8 Å². The quantitative estimate of drug-likeness (QED) is 0.782. The van der Waals surface area contributed by atoms with E-state index in [9.17, 15) is 4.79 Å². The van der Waals surface area contributed by atoms with Crippen molar-refractivity contribution in [3.63, 3.8) is 0 Å². The SMILES string of the molecule is Cc1ccc(Cl)cc1C(=O)CCc1ccc2c(c1)CCO2. The molecule has 2 nitrogen and oxygen atoms in total. The molecular formula is C18H17ClO2. The number of hydrogen-bond acceptors (Lipinski definition) is 2. The van der Waals surface area contributed by atoms with Gasteiger partial charge in [-0.25, -0.2) is 0 Å². The molecule has 2 aromatic carbocycles. The molecule has 108 valence electrons. The van der Waals surface area contributed by atoms with Crippen LogP contribution in [0.25, 0.3) is 0 Å². The Balaban J connectivity index is 1.70. The van der Waals surface area contributed by atoms with Gasteiger partial charge in [-0.15, -0.1) is 0 Å². The highest BCUT2D eigenvalue weighted by molar-refractivity contribution is 6.31. The van der Waals surface area contributed by atoms with Crippen LogP contribution in [0, 0.1) is 6.92 Å². The normalized spacial score (nSPS) is 12.9. The van der Waals surface area contributed by atoms with Gasteiger partial charge in [-0.05, 0) is 48.2 Å². The molecule has 0 atom stereocenters. The monoisotopic (exact) mass is 300 g/mol. The molecule has 0 saturated carbocycles. The summed E-state index contributed by atoms with van der Waals surface area (Å²) < 4.78 is 5.50. The third-order valence-corrected chi connectivity index (χ3v) is 4.13. The van der Waals surface area contributed by atoms with Crippen LogP contribution in [0.4, 0.5) is 0 Å². The Labute approximate surface area is 129 Å². The summed E-state index contributed by atoms with van der Waals surface area (Å²) in [7, 11) is 0. The van der Waals surface area contributed by atoms with Crippen molar-refractivity contribution in [1.82, 2.24) is 0 Å². The lowest BCUT2D eigenvalue weighted by Crippen LogP contribution is -2.03. The number of fused-ring (bicyclic) bond motifs is 1. The Morgan fingerprint density at radius 3 is 2.95 bits per heavy atom. The standard InChI is InChI=1S/C18H17ClO2/c1-12-2-5-15(19)11-16(12)17(20)6-3-13-4-7-18-14(10-13)8-9-21-18/h2,4-5,7,10-11H,3,6,8-9H2,1H3. The smallest absolute Gasteiger partial charge is 0.163 e. The lowest BCUT2D eigenvalue weighted by Gasteiger charge is -2.07. The van der Waals surface area contributed by atoms with Gasteiger partial charge in [0.05, 0.1) is 6.61 Å². The summed E-state index contributed by atoms with van der Waals surface area (Å²) in [5, 5.41) is 0.610. The second-order valence-electron chi connectivity index (χ2n) is 5.42. The zero-order chi connectivity index (χ0) is 14.8. The van der Waals surface area contributed by atoms with Crippen molar-refractivity contribution < 1.29 is 9.53 Å². The van der Waals surface area contributed by atoms with Gasteiger partial charge >= 0.3 is 0 Å². The van der Waals surface area contributed by atoms with Gasteiger partial charge in [0, 0.05) is 23.4 Å². The molecule has 0 saturated heterocycles. The summed E-state index contributed by atoms with van der Waals surface area (Å²) >= 11 is 5.98. The third kappa shape index (κ3) is 3.11. The van der Waals surface area contributed by atoms with Crippen molar-refractivity contribution in [2.24, 2.45) is 0 Å². The number of carbonyl (C=O) groups excluding carboxylic acids is 1. The number of aryl methyl sites for hydroxylation is 2. The Morgan fingerprint density at radius 2 is 2.10 bits per heavy atom. The summed E-state index contributed by atoms with van der Waals surface area (Å²) in [4.78, 5) is 12.3. The third-order valence-electron chi connectivity index (χ3n) is 3.89. The molecule has 2 aromatic rings. The highest BCUT2D eigenvalue weighted by Gasteiger charge is 2.14. The van der Waals surface area contributed by atoms with Crippen LogP contribution in [0.15, 0.2) is 36.4 Å². The van der Waals surface area contributed by atoms with Crippen molar-refractivity contribution in [2.75, 3.05) is 6.61 Å². The van der Waals surface area contributed by atoms with E-state index in [0.29, 0.717) is 11.4 Å². The van der Waals surface area contributed by atoms with Crippen LogP contribution in [0.3, 0.4) is 0 Å². The highest BCUT2D eigenvalue weighted by Crippen LogP contribution is 2.26. The molecule has 0 N–H and O–H groups in total. The van der Waals surface area contributed by atoms with Crippen molar-refractivity contribution in [3.05, 3.63) is 63.7 Å². The first-order valence-corrected chi connectivity index (χ1v) is 7.55. The van der Waals surface area contributed by atoms with Gasteiger partial charge in [0.2, 0.25) is 0 Å². The van der Waals surface area contributed by atoms with Gasteiger partial charge in [0.25, 0.3) is 0 Å². The summed E-state index contributed by atoms with van der Waals surface area (Å²) in [6.07, 6.45) is 2.21. The molecule has 1 aliphatic heterocycles. The first kappa shape index (κ1) is 14.2. The van der Waals surface area contributed by atoms with Gasteiger partial charge in [-0.2, -0.15) is 0 Å². The van der Waals surface area contributed by atoms with E-state index in [4.69, 9.17) is 16.3 Å². The fraction of sp³-hybridized carbons (Fsp3) is 0.278. The minimum atomic E-state index is 0.145. The fourth-order valence-electron chi connectivity index (χ4n) is 2.68. The lowest BCUT2D eigenvalue weighted by atomic mass is 9.98. The van der Waals surface area contributed by atoms with E-state index in [0.717, 1.165) is 36.3 Å². The molecule has 0 amide bonds. The van der Waals surface area contributed by atoms with Crippen molar-refractivity contribution in [2.45, 2.75) is 26.2 Å². The average molecular weight is 301 g/mol. The van der Waals surface area contributed by atoms with E-state index in [1.54, 1.807) is 6.07 Å². The molecule has 21 heavy (non-hydrogen) atoms. The minimum Gasteiger partial charge on any atom is -0.493 e. The molecular weight excluding hydrogens is 284 g/mol. The van der Waals surface area contributed by atoms with Crippen LogP contribution < -0.4 is 4.74 Å². The molecule has 1 heterocycles. The maximum atomic E-state index is 12.3. The van der Waals surface area contributed by atoms with Crippen LogP contribution in [0.5, 0.6) is 5.75 Å². The Hall–Kier alpha value is -1.80. The van der Waals surface area contributed by atoms with Crippen molar-refractivity contribution in [3.8, 4) is 5.75 Å². The average Bonchev–Trinajstić information content (AvgIpc) is 2.94. The maximum absolute atomic E-state index is 12.3. The Kier molecular flexibility index (Phi) is 3.98. The van der Waals surface area contributed by atoms with Gasteiger partial charge in [0.1, 0.15) is 5.75 Å². The summed E-state index contributed by atoms with van der Waals surface area (Å²) in [6.45, 7) is 2.70. The van der Waals surface area contributed by atoms with Crippen molar-refractivity contribution >= 4 is 17.4 Å².